The maximum absolute atomic E-state index is 12.6. The van der Waals surface area contributed by atoms with Crippen molar-refractivity contribution in [3.05, 3.63) is 60.4 Å². The van der Waals surface area contributed by atoms with Gasteiger partial charge in [0, 0.05) is 18.9 Å². The van der Waals surface area contributed by atoms with Gasteiger partial charge in [0.05, 0.1) is 15.6 Å². The summed E-state index contributed by atoms with van der Waals surface area (Å²) in [4.78, 5) is 29.2. The molecule has 0 fully saturated rings. The Morgan fingerprint density at radius 3 is 2.70 bits per heavy atom. The van der Waals surface area contributed by atoms with E-state index >= 15 is 0 Å². The third kappa shape index (κ3) is 4.50. The number of benzene rings is 1. The quantitative estimate of drug-likeness (QED) is 0.611. The van der Waals surface area contributed by atoms with Crippen molar-refractivity contribution < 1.29 is 14.3 Å². The fourth-order valence-electron chi connectivity index (χ4n) is 2.80. The van der Waals surface area contributed by atoms with Gasteiger partial charge in [0.1, 0.15) is 0 Å². The van der Waals surface area contributed by atoms with Gasteiger partial charge < -0.3 is 15.8 Å². The van der Waals surface area contributed by atoms with Crippen LogP contribution in [0.2, 0.25) is 0 Å². The lowest BCUT2D eigenvalue weighted by Gasteiger charge is -2.19. The lowest BCUT2D eigenvalue weighted by molar-refractivity contribution is -0.155. The number of amides is 1. The van der Waals surface area contributed by atoms with Gasteiger partial charge in [-0.3, -0.25) is 14.6 Å². The number of nitrogens with one attached hydrogen (secondary N) is 1. The summed E-state index contributed by atoms with van der Waals surface area (Å²) in [6, 6.07) is 13.1. The molecule has 3 N–H and O–H groups in total. The second kappa shape index (κ2) is 8.75. The lowest BCUT2D eigenvalue weighted by Crippen LogP contribution is -2.39. The molecule has 2 unspecified atom stereocenters. The SMILES string of the molecule is CCC(C(=O)OC(CN)C(=O)Nc1cc2ccncc2s1)c1ccccc1. The lowest BCUT2D eigenvalue weighted by atomic mass is 9.97. The summed E-state index contributed by atoms with van der Waals surface area (Å²) in [5.74, 6) is -1.31. The summed E-state index contributed by atoms with van der Waals surface area (Å²) >= 11 is 1.40. The number of pyridine rings is 1. The summed E-state index contributed by atoms with van der Waals surface area (Å²) in [6.07, 6.45) is 2.96. The molecule has 140 valence electrons. The molecule has 0 saturated carbocycles. The Morgan fingerprint density at radius 1 is 1.26 bits per heavy atom. The number of carbonyl (C=O) groups is 2. The monoisotopic (exact) mass is 383 g/mol. The molecule has 3 rings (SSSR count). The van der Waals surface area contributed by atoms with E-state index in [0.29, 0.717) is 11.4 Å². The van der Waals surface area contributed by atoms with E-state index in [0.717, 1.165) is 15.6 Å². The van der Waals surface area contributed by atoms with Crippen LogP contribution in [0.5, 0.6) is 0 Å². The molecule has 0 bridgehead atoms. The molecular weight excluding hydrogens is 362 g/mol. The van der Waals surface area contributed by atoms with Crippen molar-refractivity contribution in [2.75, 3.05) is 11.9 Å². The second-order valence-electron chi connectivity index (χ2n) is 6.05. The first-order valence-electron chi connectivity index (χ1n) is 8.72. The zero-order chi connectivity index (χ0) is 19.2. The predicted molar refractivity (Wildman–Crippen MR) is 107 cm³/mol. The van der Waals surface area contributed by atoms with Gasteiger partial charge in [0.2, 0.25) is 0 Å². The Bertz CT molecular complexity index is 893. The number of hydrogen-bond donors (Lipinski definition) is 2. The molecule has 6 nitrogen and oxygen atoms in total. The van der Waals surface area contributed by atoms with Crippen LogP contribution in [-0.4, -0.2) is 29.5 Å². The standard InChI is InChI=1S/C20H21N3O3S/c1-2-15(13-6-4-3-5-7-13)20(25)26-16(11-21)19(24)23-18-10-14-8-9-22-12-17(14)27-18/h3-10,12,15-16H,2,11,21H2,1H3,(H,23,24). The zero-order valence-corrected chi connectivity index (χ0v) is 15.7. The molecular formula is C20H21N3O3S. The average molecular weight is 383 g/mol. The van der Waals surface area contributed by atoms with Crippen LogP contribution in [0.1, 0.15) is 24.8 Å². The fourth-order valence-corrected chi connectivity index (χ4v) is 3.74. The molecule has 0 aliphatic carbocycles. The minimum Gasteiger partial charge on any atom is -0.450 e. The van der Waals surface area contributed by atoms with Gasteiger partial charge in [-0.1, -0.05) is 37.3 Å². The summed E-state index contributed by atoms with van der Waals surface area (Å²) in [6.45, 7) is 1.82. The van der Waals surface area contributed by atoms with Gasteiger partial charge >= 0.3 is 5.97 Å². The maximum atomic E-state index is 12.6. The number of carbonyl (C=O) groups excluding carboxylic acids is 2. The van der Waals surface area contributed by atoms with Crippen molar-refractivity contribution in [2.45, 2.75) is 25.4 Å². The molecule has 0 spiro atoms. The summed E-state index contributed by atoms with van der Waals surface area (Å²) < 4.78 is 6.39. The minimum atomic E-state index is -1.04. The number of nitrogens with zero attached hydrogens (tertiary/aromatic N) is 1. The molecule has 27 heavy (non-hydrogen) atoms. The third-order valence-corrected chi connectivity index (χ3v) is 5.23. The van der Waals surface area contributed by atoms with Crippen molar-refractivity contribution in [2.24, 2.45) is 5.73 Å². The number of fused-ring (bicyclic) bond motifs is 1. The van der Waals surface area contributed by atoms with Crippen LogP contribution in [0.3, 0.4) is 0 Å². The molecule has 2 atom stereocenters. The van der Waals surface area contributed by atoms with E-state index in [1.807, 2.05) is 49.4 Å². The number of anilines is 1. The molecule has 3 aromatic rings. The van der Waals surface area contributed by atoms with E-state index in [1.54, 1.807) is 12.4 Å². The van der Waals surface area contributed by atoms with E-state index in [4.69, 9.17) is 10.5 Å². The largest absolute Gasteiger partial charge is 0.450 e. The van der Waals surface area contributed by atoms with Gasteiger partial charge in [0.25, 0.3) is 5.91 Å². The highest BCUT2D eigenvalue weighted by molar-refractivity contribution is 7.22. The van der Waals surface area contributed by atoms with Crippen molar-refractivity contribution >= 4 is 38.3 Å². The first-order valence-corrected chi connectivity index (χ1v) is 9.54. The number of hydrogen-bond acceptors (Lipinski definition) is 6. The summed E-state index contributed by atoms with van der Waals surface area (Å²) in [5, 5.41) is 4.43. The second-order valence-corrected chi connectivity index (χ2v) is 7.13. The van der Waals surface area contributed by atoms with Crippen LogP contribution in [0.4, 0.5) is 5.00 Å². The Hall–Kier alpha value is -2.77. The van der Waals surface area contributed by atoms with Crippen molar-refractivity contribution in [1.82, 2.24) is 4.98 Å². The van der Waals surface area contributed by atoms with Crippen LogP contribution < -0.4 is 11.1 Å². The van der Waals surface area contributed by atoms with Crippen molar-refractivity contribution in [3.8, 4) is 0 Å². The smallest absolute Gasteiger partial charge is 0.314 e. The molecule has 1 amide bonds. The zero-order valence-electron chi connectivity index (χ0n) is 14.9. The number of aromatic nitrogens is 1. The first-order chi connectivity index (χ1) is 13.1. The van der Waals surface area contributed by atoms with E-state index < -0.39 is 23.9 Å². The van der Waals surface area contributed by atoms with E-state index in [-0.39, 0.29) is 6.54 Å². The number of thiophene rings is 1. The molecule has 0 aliphatic heterocycles. The maximum Gasteiger partial charge on any atom is 0.314 e. The Kier molecular flexibility index (Phi) is 6.16. The number of ether oxygens (including phenoxy) is 1. The Morgan fingerprint density at radius 2 is 2.04 bits per heavy atom. The highest BCUT2D eigenvalue weighted by Crippen LogP contribution is 2.29. The van der Waals surface area contributed by atoms with Gasteiger partial charge in [-0.15, -0.1) is 11.3 Å². The van der Waals surface area contributed by atoms with E-state index in [9.17, 15) is 9.59 Å². The Balaban J connectivity index is 1.68. The molecule has 0 radical (unpaired) electrons. The molecule has 0 saturated heterocycles. The van der Waals surface area contributed by atoms with Gasteiger partial charge in [-0.05, 0) is 29.5 Å². The average Bonchev–Trinajstić information content (AvgIpc) is 3.09. The highest BCUT2D eigenvalue weighted by Gasteiger charge is 2.27. The van der Waals surface area contributed by atoms with Crippen LogP contribution in [-0.2, 0) is 14.3 Å². The normalized spacial score (nSPS) is 13.1. The summed E-state index contributed by atoms with van der Waals surface area (Å²) in [5.41, 5.74) is 6.55. The van der Waals surface area contributed by atoms with Gasteiger partial charge in [-0.25, -0.2) is 0 Å². The van der Waals surface area contributed by atoms with Crippen molar-refractivity contribution in [3.63, 3.8) is 0 Å². The van der Waals surface area contributed by atoms with Crippen LogP contribution >= 0.6 is 11.3 Å². The van der Waals surface area contributed by atoms with Crippen LogP contribution in [0.25, 0.3) is 10.1 Å². The molecule has 7 heteroatoms. The molecule has 2 aromatic heterocycles. The number of rotatable bonds is 7. The van der Waals surface area contributed by atoms with Gasteiger partial charge in [-0.2, -0.15) is 0 Å². The first kappa shape index (κ1) is 19.0. The predicted octanol–water partition coefficient (Wildman–Crippen LogP) is 3.30. The third-order valence-electron chi connectivity index (χ3n) is 4.23. The van der Waals surface area contributed by atoms with Crippen LogP contribution in [0, 0.1) is 0 Å². The van der Waals surface area contributed by atoms with Crippen LogP contribution in [0.15, 0.2) is 54.9 Å². The molecule has 1 aromatic carbocycles. The van der Waals surface area contributed by atoms with Gasteiger partial charge in [0.15, 0.2) is 6.10 Å². The molecule has 2 heterocycles. The minimum absolute atomic E-state index is 0.0880. The topological polar surface area (TPSA) is 94.3 Å². The van der Waals surface area contributed by atoms with Crippen molar-refractivity contribution in [1.29, 1.82) is 0 Å². The van der Waals surface area contributed by atoms with E-state index in [2.05, 4.69) is 10.3 Å². The van der Waals surface area contributed by atoms with E-state index in [1.165, 1.54) is 11.3 Å². The number of esters is 1. The fraction of sp³-hybridized carbons (Fsp3) is 0.250. The highest BCUT2D eigenvalue weighted by atomic mass is 32.1. The number of nitrogens with two attached hydrogens (primary N) is 1. The molecule has 0 aliphatic rings. The summed E-state index contributed by atoms with van der Waals surface area (Å²) in [7, 11) is 0. The Labute approximate surface area is 161 Å².